The quantitative estimate of drug-likeness (QED) is 0.834. The van der Waals surface area contributed by atoms with Crippen LogP contribution in [0.25, 0.3) is 0 Å². The van der Waals surface area contributed by atoms with Gasteiger partial charge in [-0.3, -0.25) is 4.79 Å². The number of Topliss-reactive ketones (excluding diaryl/α,β-unsaturated/α-hetero) is 1. The molecule has 0 bridgehead atoms. The Kier molecular flexibility index (Phi) is 3.55. The molecule has 1 aliphatic heterocycles. The highest BCUT2D eigenvalue weighted by molar-refractivity contribution is 6.30. The number of carbonyl (C=O) groups excluding carboxylic acids is 1. The average molecular weight is 307 g/mol. The summed E-state index contributed by atoms with van der Waals surface area (Å²) >= 11 is 5.85. The molecule has 108 valence electrons. The number of ketones is 1. The van der Waals surface area contributed by atoms with E-state index in [0.717, 1.165) is 0 Å². The Hall–Kier alpha value is -2.07. The van der Waals surface area contributed by atoms with Crippen molar-refractivity contribution in [2.24, 2.45) is 0 Å². The van der Waals surface area contributed by atoms with Crippen LogP contribution in [0.4, 0.5) is 4.39 Å². The molecule has 2 aromatic rings. The molecular weight excluding hydrogens is 295 g/mol. The minimum atomic E-state index is -0.551. The second-order valence-corrected chi connectivity index (χ2v) is 5.24. The van der Waals surface area contributed by atoms with Crippen molar-refractivity contribution in [1.29, 1.82) is 0 Å². The van der Waals surface area contributed by atoms with Crippen molar-refractivity contribution in [3.05, 3.63) is 58.4 Å². The summed E-state index contributed by atoms with van der Waals surface area (Å²) < 4.78 is 24.4. The second-order valence-electron chi connectivity index (χ2n) is 4.80. The lowest BCUT2D eigenvalue weighted by Gasteiger charge is -2.26. The Balaban J connectivity index is 1.98. The molecule has 3 nitrogen and oxygen atoms in total. The molecular formula is C16H12ClFO3. The van der Waals surface area contributed by atoms with Crippen LogP contribution in [-0.4, -0.2) is 12.9 Å². The van der Waals surface area contributed by atoms with E-state index in [4.69, 9.17) is 21.1 Å². The molecule has 0 radical (unpaired) electrons. The summed E-state index contributed by atoms with van der Waals surface area (Å²) in [6, 6.07) is 9.18. The molecule has 0 saturated heterocycles. The molecule has 0 amide bonds. The molecule has 1 atom stereocenters. The van der Waals surface area contributed by atoms with Gasteiger partial charge in [-0.15, -0.1) is 0 Å². The van der Waals surface area contributed by atoms with Gasteiger partial charge in [-0.05, 0) is 35.9 Å². The number of ether oxygens (including phenoxy) is 2. The monoisotopic (exact) mass is 306 g/mol. The summed E-state index contributed by atoms with van der Waals surface area (Å²) in [5, 5.41) is 0.275. The number of methoxy groups -OCH3 is 1. The van der Waals surface area contributed by atoms with E-state index in [9.17, 15) is 9.18 Å². The van der Waals surface area contributed by atoms with Gasteiger partial charge in [0.05, 0.1) is 19.1 Å². The van der Waals surface area contributed by atoms with Gasteiger partial charge in [0.2, 0.25) is 0 Å². The molecule has 0 aliphatic carbocycles. The summed E-state index contributed by atoms with van der Waals surface area (Å²) in [6.45, 7) is 0. The molecule has 21 heavy (non-hydrogen) atoms. The predicted molar refractivity (Wildman–Crippen MR) is 76.7 cm³/mol. The van der Waals surface area contributed by atoms with Crippen LogP contribution in [0.2, 0.25) is 5.02 Å². The number of carbonyl (C=O) groups is 1. The van der Waals surface area contributed by atoms with E-state index < -0.39 is 11.9 Å². The Morgan fingerprint density at radius 2 is 2.10 bits per heavy atom. The normalized spacial score (nSPS) is 17.1. The first-order valence-electron chi connectivity index (χ1n) is 6.40. The first kappa shape index (κ1) is 13.9. The molecule has 3 rings (SSSR count). The van der Waals surface area contributed by atoms with E-state index in [2.05, 4.69) is 0 Å². The average Bonchev–Trinajstić information content (AvgIpc) is 2.45. The van der Waals surface area contributed by atoms with Crippen molar-refractivity contribution in [3.8, 4) is 11.5 Å². The van der Waals surface area contributed by atoms with Gasteiger partial charge in [-0.1, -0.05) is 11.6 Å². The minimum Gasteiger partial charge on any atom is -0.497 e. The lowest BCUT2D eigenvalue weighted by atomic mass is 9.96. The van der Waals surface area contributed by atoms with Crippen molar-refractivity contribution in [2.75, 3.05) is 7.11 Å². The lowest BCUT2D eigenvalue weighted by molar-refractivity contribution is 0.0849. The van der Waals surface area contributed by atoms with Gasteiger partial charge >= 0.3 is 0 Å². The van der Waals surface area contributed by atoms with Crippen molar-refractivity contribution in [3.63, 3.8) is 0 Å². The molecule has 2 aromatic carbocycles. The van der Waals surface area contributed by atoms with E-state index in [1.54, 1.807) is 24.3 Å². The van der Waals surface area contributed by atoms with Crippen LogP contribution in [0.15, 0.2) is 36.4 Å². The number of hydrogen-bond donors (Lipinski definition) is 0. The van der Waals surface area contributed by atoms with E-state index in [1.807, 2.05) is 0 Å². The third kappa shape index (κ3) is 2.72. The maximum absolute atomic E-state index is 13.4. The zero-order valence-corrected chi connectivity index (χ0v) is 12.0. The molecule has 0 N–H and O–H groups in total. The van der Waals surface area contributed by atoms with E-state index >= 15 is 0 Å². The largest absolute Gasteiger partial charge is 0.497 e. The number of rotatable bonds is 2. The summed E-state index contributed by atoms with van der Waals surface area (Å²) in [5.74, 6) is 0.532. The third-order valence-electron chi connectivity index (χ3n) is 3.39. The molecule has 0 spiro atoms. The van der Waals surface area contributed by atoms with Gasteiger partial charge in [0.25, 0.3) is 0 Å². The second kappa shape index (κ2) is 5.37. The number of halogens is 2. The van der Waals surface area contributed by atoms with Gasteiger partial charge in [-0.25, -0.2) is 4.39 Å². The first-order valence-corrected chi connectivity index (χ1v) is 6.78. The fourth-order valence-electron chi connectivity index (χ4n) is 2.38. The van der Waals surface area contributed by atoms with Crippen LogP contribution in [0.3, 0.4) is 0 Å². The number of benzene rings is 2. The lowest BCUT2D eigenvalue weighted by Crippen LogP contribution is -2.20. The van der Waals surface area contributed by atoms with Crippen molar-refractivity contribution in [1.82, 2.24) is 0 Å². The minimum absolute atomic E-state index is 0.0516. The highest BCUT2D eigenvalue weighted by Crippen LogP contribution is 2.37. The Morgan fingerprint density at radius 1 is 1.29 bits per heavy atom. The third-order valence-corrected chi connectivity index (χ3v) is 3.60. The van der Waals surface area contributed by atoms with Crippen LogP contribution in [0, 0.1) is 5.82 Å². The molecule has 1 aliphatic rings. The van der Waals surface area contributed by atoms with Gasteiger partial charge in [0, 0.05) is 11.1 Å². The fourth-order valence-corrected chi connectivity index (χ4v) is 2.61. The van der Waals surface area contributed by atoms with Crippen molar-refractivity contribution < 1.29 is 18.7 Å². The van der Waals surface area contributed by atoms with E-state index in [-0.39, 0.29) is 17.2 Å². The molecule has 0 saturated carbocycles. The Labute approximate surface area is 126 Å². The molecule has 1 unspecified atom stereocenters. The predicted octanol–water partition coefficient (Wildman–Crippen LogP) is 4.19. The standard InChI is InChI=1S/C16H12ClFO3/c1-20-12-2-3-13-14(19)8-15(21-16(13)7-12)9-4-10(17)6-11(18)5-9/h2-7,15H,8H2,1H3. The van der Waals surface area contributed by atoms with Gasteiger partial charge in [-0.2, -0.15) is 0 Å². The topological polar surface area (TPSA) is 35.5 Å². The van der Waals surface area contributed by atoms with E-state index in [1.165, 1.54) is 19.2 Å². The van der Waals surface area contributed by atoms with E-state index in [0.29, 0.717) is 22.6 Å². The van der Waals surface area contributed by atoms with Gasteiger partial charge < -0.3 is 9.47 Å². The van der Waals surface area contributed by atoms with Crippen LogP contribution >= 0.6 is 11.6 Å². The summed E-state index contributed by atoms with van der Waals surface area (Å²) in [5.41, 5.74) is 1.05. The van der Waals surface area contributed by atoms with Crippen molar-refractivity contribution >= 4 is 17.4 Å². The number of fused-ring (bicyclic) bond motifs is 1. The van der Waals surface area contributed by atoms with Crippen LogP contribution < -0.4 is 9.47 Å². The highest BCUT2D eigenvalue weighted by Gasteiger charge is 2.28. The summed E-state index contributed by atoms with van der Waals surface area (Å²) in [7, 11) is 1.54. The molecule has 0 aromatic heterocycles. The molecule has 5 heteroatoms. The Morgan fingerprint density at radius 3 is 2.81 bits per heavy atom. The highest BCUT2D eigenvalue weighted by atomic mass is 35.5. The zero-order chi connectivity index (χ0) is 15.0. The molecule has 0 fully saturated rings. The maximum atomic E-state index is 13.4. The van der Waals surface area contributed by atoms with Gasteiger partial charge in [0.1, 0.15) is 23.4 Å². The summed E-state index contributed by atoms with van der Waals surface area (Å²) in [4.78, 5) is 12.2. The Bertz CT molecular complexity index is 694. The zero-order valence-electron chi connectivity index (χ0n) is 11.2. The molecule has 1 heterocycles. The van der Waals surface area contributed by atoms with Crippen molar-refractivity contribution in [2.45, 2.75) is 12.5 Å². The number of hydrogen-bond acceptors (Lipinski definition) is 3. The van der Waals surface area contributed by atoms with Crippen LogP contribution in [0.1, 0.15) is 28.4 Å². The maximum Gasteiger partial charge on any atom is 0.170 e. The smallest absolute Gasteiger partial charge is 0.170 e. The summed E-state index contributed by atoms with van der Waals surface area (Å²) in [6.07, 6.45) is -0.399. The van der Waals surface area contributed by atoms with Gasteiger partial charge in [0.15, 0.2) is 5.78 Å². The SMILES string of the molecule is COc1ccc2c(c1)OC(c1cc(F)cc(Cl)c1)CC2=O. The first-order chi connectivity index (χ1) is 10.1. The van der Waals surface area contributed by atoms with Crippen LogP contribution in [-0.2, 0) is 0 Å². The van der Waals surface area contributed by atoms with Crippen LogP contribution in [0.5, 0.6) is 11.5 Å². The fraction of sp³-hybridized carbons (Fsp3) is 0.188.